The highest BCUT2D eigenvalue weighted by Crippen LogP contribution is 2.22. The summed E-state index contributed by atoms with van der Waals surface area (Å²) in [6.45, 7) is 8.12. The molecular formula is C13H17N5. The summed E-state index contributed by atoms with van der Waals surface area (Å²) in [5.41, 5.74) is 4.04. The van der Waals surface area contributed by atoms with Crippen molar-refractivity contribution in [2.75, 3.05) is 18.0 Å². The lowest BCUT2D eigenvalue weighted by Gasteiger charge is -2.16. The van der Waals surface area contributed by atoms with Crippen LogP contribution in [0.2, 0.25) is 0 Å². The molecule has 0 spiro atoms. The highest BCUT2D eigenvalue weighted by Gasteiger charge is 2.10. The summed E-state index contributed by atoms with van der Waals surface area (Å²) in [4.78, 5) is 17.9. The minimum atomic E-state index is 0.930. The Balaban J connectivity index is 2.17. The molecule has 18 heavy (non-hydrogen) atoms. The maximum atomic E-state index is 4.63. The van der Waals surface area contributed by atoms with E-state index < -0.39 is 0 Å². The molecule has 0 aliphatic heterocycles. The second-order valence-electron chi connectivity index (χ2n) is 4.44. The van der Waals surface area contributed by atoms with Crippen molar-refractivity contribution in [1.82, 2.24) is 19.9 Å². The lowest BCUT2D eigenvalue weighted by molar-refractivity contribution is 0.835. The third kappa shape index (κ3) is 1.63. The van der Waals surface area contributed by atoms with Crippen LogP contribution in [-0.4, -0.2) is 33.0 Å². The van der Waals surface area contributed by atoms with Gasteiger partial charge in [0.25, 0.3) is 0 Å². The molecule has 0 aliphatic rings. The van der Waals surface area contributed by atoms with Gasteiger partial charge in [-0.2, -0.15) is 0 Å². The fourth-order valence-corrected chi connectivity index (χ4v) is 2.30. The van der Waals surface area contributed by atoms with Crippen LogP contribution in [0, 0.1) is 6.92 Å². The summed E-state index contributed by atoms with van der Waals surface area (Å²) >= 11 is 0. The third-order valence-electron chi connectivity index (χ3n) is 3.25. The average Bonchev–Trinajstić information content (AvgIpc) is 2.88. The second kappa shape index (κ2) is 4.01. The smallest absolute Gasteiger partial charge is 0.203 e. The number of benzene rings is 1. The number of hydrogen-bond acceptors (Lipinski definition) is 3. The van der Waals surface area contributed by atoms with Crippen LogP contribution in [0.15, 0.2) is 12.1 Å². The van der Waals surface area contributed by atoms with Gasteiger partial charge in [-0.15, -0.1) is 0 Å². The van der Waals surface area contributed by atoms with Crippen LogP contribution in [0.1, 0.15) is 19.7 Å². The zero-order chi connectivity index (χ0) is 12.7. The number of nitrogens with zero attached hydrogens (tertiary/aromatic N) is 3. The Bertz CT molecular complexity index is 639. The number of aromatic amines is 2. The number of imidazole rings is 2. The van der Waals surface area contributed by atoms with E-state index in [1.54, 1.807) is 0 Å². The summed E-state index contributed by atoms with van der Waals surface area (Å²) < 4.78 is 0. The number of hydrogen-bond donors (Lipinski definition) is 2. The third-order valence-corrected chi connectivity index (χ3v) is 3.25. The zero-order valence-electron chi connectivity index (χ0n) is 10.9. The highest BCUT2D eigenvalue weighted by molar-refractivity contribution is 5.92. The Labute approximate surface area is 105 Å². The van der Waals surface area contributed by atoms with Crippen LogP contribution in [0.3, 0.4) is 0 Å². The van der Waals surface area contributed by atoms with Crippen molar-refractivity contribution in [2.24, 2.45) is 0 Å². The van der Waals surface area contributed by atoms with E-state index in [9.17, 15) is 0 Å². The molecule has 0 saturated heterocycles. The van der Waals surface area contributed by atoms with Crippen molar-refractivity contribution in [2.45, 2.75) is 20.8 Å². The Kier molecular flexibility index (Phi) is 2.47. The van der Waals surface area contributed by atoms with Crippen LogP contribution in [0.4, 0.5) is 5.95 Å². The standard InChI is InChI=1S/C13H17N5/c1-4-18(5-2)13-16-11-6-9-10(7-12(11)17-13)15-8(3)14-9/h6-7H,4-5H2,1-3H3,(H,14,15)(H,16,17). The van der Waals surface area contributed by atoms with Crippen molar-refractivity contribution >= 4 is 28.0 Å². The number of H-pyrrole nitrogens is 2. The summed E-state index contributed by atoms with van der Waals surface area (Å²) in [6, 6.07) is 4.10. The molecule has 0 amide bonds. The van der Waals surface area contributed by atoms with Gasteiger partial charge >= 0.3 is 0 Å². The fourth-order valence-electron chi connectivity index (χ4n) is 2.30. The van der Waals surface area contributed by atoms with Gasteiger partial charge in [0.2, 0.25) is 5.95 Å². The van der Waals surface area contributed by atoms with E-state index in [2.05, 4.69) is 44.7 Å². The molecular weight excluding hydrogens is 226 g/mol. The van der Waals surface area contributed by atoms with Crippen LogP contribution in [-0.2, 0) is 0 Å². The molecule has 2 aromatic heterocycles. The quantitative estimate of drug-likeness (QED) is 0.743. The molecule has 0 fully saturated rings. The number of anilines is 1. The Morgan fingerprint density at radius 3 is 2.39 bits per heavy atom. The summed E-state index contributed by atoms with van der Waals surface area (Å²) in [5, 5.41) is 0. The number of aromatic nitrogens is 4. The molecule has 0 atom stereocenters. The van der Waals surface area contributed by atoms with Gasteiger partial charge in [0, 0.05) is 13.1 Å². The van der Waals surface area contributed by atoms with Gasteiger partial charge in [-0.25, -0.2) is 9.97 Å². The number of rotatable bonds is 3. The van der Waals surface area contributed by atoms with Crippen LogP contribution < -0.4 is 4.90 Å². The van der Waals surface area contributed by atoms with Gasteiger partial charge in [0.05, 0.1) is 22.1 Å². The van der Waals surface area contributed by atoms with E-state index in [0.29, 0.717) is 0 Å². The van der Waals surface area contributed by atoms with E-state index >= 15 is 0 Å². The van der Waals surface area contributed by atoms with E-state index in [1.807, 2.05) is 13.0 Å². The maximum absolute atomic E-state index is 4.63. The maximum Gasteiger partial charge on any atom is 0.203 e. The van der Waals surface area contributed by atoms with Crippen molar-refractivity contribution in [3.05, 3.63) is 18.0 Å². The molecule has 0 radical (unpaired) electrons. The van der Waals surface area contributed by atoms with Crippen molar-refractivity contribution in [1.29, 1.82) is 0 Å². The normalized spacial score (nSPS) is 11.5. The molecule has 0 bridgehead atoms. The Morgan fingerprint density at radius 2 is 1.67 bits per heavy atom. The monoisotopic (exact) mass is 243 g/mol. The highest BCUT2D eigenvalue weighted by atomic mass is 15.2. The molecule has 3 aromatic rings. The molecule has 0 aliphatic carbocycles. The Hall–Kier alpha value is -2.04. The van der Waals surface area contributed by atoms with Gasteiger partial charge in [-0.05, 0) is 32.9 Å². The van der Waals surface area contributed by atoms with E-state index in [0.717, 1.165) is 46.9 Å². The lowest BCUT2D eigenvalue weighted by Crippen LogP contribution is -2.22. The first kappa shape index (κ1) is 11.1. The van der Waals surface area contributed by atoms with Gasteiger partial charge in [-0.1, -0.05) is 0 Å². The molecule has 5 heteroatoms. The summed E-state index contributed by atoms with van der Waals surface area (Å²) in [7, 11) is 0. The zero-order valence-corrected chi connectivity index (χ0v) is 10.9. The number of fused-ring (bicyclic) bond motifs is 2. The van der Waals surface area contributed by atoms with Crippen molar-refractivity contribution in [3.8, 4) is 0 Å². The van der Waals surface area contributed by atoms with E-state index in [4.69, 9.17) is 0 Å². The fraction of sp³-hybridized carbons (Fsp3) is 0.385. The number of aryl methyl sites for hydroxylation is 1. The molecule has 2 N–H and O–H groups in total. The van der Waals surface area contributed by atoms with Crippen LogP contribution >= 0.6 is 0 Å². The average molecular weight is 243 g/mol. The minimum absolute atomic E-state index is 0.930. The number of nitrogens with one attached hydrogen (secondary N) is 2. The molecule has 0 saturated carbocycles. The SMILES string of the molecule is CCN(CC)c1nc2cc3nc(C)[nH]c3cc2[nH]1. The van der Waals surface area contributed by atoms with E-state index in [1.165, 1.54) is 0 Å². The first-order valence-corrected chi connectivity index (χ1v) is 6.32. The van der Waals surface area contributed by atoms with Crippen LogP contribution in [0.5, 0.6) is 0 Å². The first-order chi connectivity index (χ1) is 8.71. The molecule has 2 heterocycles. The predicted octanol–water partition coefficient (Wildman–Crippen LogP) is 2.59. The van der Waals surface area contributed by atoms with Crippen molar-refractivity contribution in [3.63, 3.8) is 0 Å². The topological polar surface area (TPSA) is 60.6 Å². The van der Waals surface area contributed by atoms with Gasteiger partial charge in [-0.3, -0.25) is 0 Å². The molecule has 5 nitrogen and oxygen atoms in total. The van der Waals surface area contributed by atoms with Gasteiger partial charge in [0.15, 0.2) is 0 Å². The second-order valence-corrected chi connectivity index (χ2v) is 4.44. The first-order valence-electron chi connectivity index (χ1n) is 6.32. The predicted molar refractivity (Wildman–Crippen MR) is 74.0 cm³/mol. The van der Waals surface area contributed by atoms with Gasteiger partial charge in [0.1, 0.15) is 5.82 Å². The summed E-state index contributed by atoms with van der Waals surface area (Å²) in [6.07, 6.45) is 0. The summed E-state index contributed by atoms with van der Waals surface area (Å²) in [5.74, 6) is 1.86. The van der Waals surface area contributed by atoms with Crippen molar-refractivity contribution < 1.29 is 0 Å². The van der Waals surface area contributed by atoms with Gasteiger partial charge < -0.3 is 14.9 Å². The molecule has 1 aromatic carbocycles. The minimum Gasteiger partial charge on any atom is -0.343 e. The Morgan fingerprint density at radius 1 is 1.00 bits per heavy atom. The largest absolute Gasteiger partial charge is 0.343 e. The molecule has 0 unspecified atom stereocenters. The molecule has 3 rings (SSSR count). The van der Waals surface area contributed by atoms with Crippen LogP contribution in [0.25, 0.3) is 22.1 Å². The lowest BCUT2D eigenvalue weighted by atomic mass is 10.3. The van der Waals surface area contributed by atoms with E-state index in [-0.39, 0.29) is 0 Å². The molecule has 94 valence electrons.